The molecule has 4 rings (SSSR count). The van der Waals surface area contributed by atoms with Crippen molar-refractivity contribution in [1.29, 1.82) is 0 Å². The second-order valence-corrected chi connectivity index (χ2v) is 9.99. The molecule has 0 aromatic carbocycles. The molecule has 134 valence electrons. The smallest absolute Gasteiger partial charge is 0.265 e. The van der Waals surface area contributed by atoms with E-state index in [0.29, 0.717) is 12.3 Å². The first-order chi connectivity index (χ1) is 11.2. The highest BCUT2D eigenvalue weighted by atomic mass is 32.2. The minimum Gasteiger partial charge on any atom is -0.352 e. The molecule has 0 aromatic heterocycles. The summed E-state index contributed by atoms with van der Waals surface area (Å²) in [7, 11) is -2.09. The number of hydrogen-bond acceptors (Lipinski definition) is 5. The van der Waals surface area contributed by atoms with E-state index >= 15 is 0 Å². The first kappa shape index (κ1) is 16.5. The highest BCUT2D eigenvalue weighted by Gasteiger charge is 2.72. The molecule has 0 N–H and O–H groups in total. The molecular formula is C17H25NO5S. The van der Waals surface area contributed by atoms with Crippen LogP contribution in [0.3, 0.4) is 0 Å². The van der Waals surface area contributed by atoms with Crippen LogP contribution in [0.4, 0.5) is 0 Å². The summed E-state index contributed by atoms with van der Waals surface area (Å²) < 4.78 is 37.7. The summed E-state index contributed by atoms with van der Waals surface area (Å²) in [5, 5.41) is 0. The van der Waals surface area contributed by atoms with Gasteiger partial charge in [-0.25, -0.2) is 12.7 Å². The molecule has 1 amide bonds. The fourth-order valence-corrected chi connectivity index (χ4v) is 8.16. The van der Waals surface area contributed by atoms with Crippen LogP contribution in [0.15, 0.2) is 12.2 Å². The summed E-state index contributed by atoms with van der Waals surface area (Å²) in [4.78, 5) is 13.0. The fraction of sp³-hybridized carbons (Fsp3) is 0.824. The van der Waals surface area contributed by atoms with Crippen LogP contribution >= 0.6 is 0 Å². The first-order valence-electron chi connectivity index (χ1n) is 8.64. The predicted molar refractivity (Wildman–Crippen MR) is 87.4 cm³/mol. The number of carbonyl (C=O) groups excluding carboxylic acids is 1. The van der Waals surface area contributed by atoms with Gasteiger partial charge in [-0.1, -0.05) is 19.9 Å². The Morgan fingerprint density at radius 1 is 1.38 bits per heavy atom. The molecule has 24 heavy (non-hydrogen) atoms. The van der Waals surface area contributed by atoms with Crippen LogP contribution in [0.5, 0.6) is 0 Å². The van der Waals surface area contributed by atoms with E-state index in [1.54, 1.807) is 6.08 Å². The third-order valence-corrected chi connectivity index (χ3v) is 8.99. The first-order valence-corrected chi connectivity index (χ1v) is 10.2. The number of fused-ring (bicyclic) bond motifs is 1. The van der Waals surface area contributed by atoms with Gasteiger partial charge in [-0.15, -0.1) is 0 Å². The van der Waals surface area contributed by atoms with Gasteiger partial charge in [0.15, 0.2) is 6.29 Å². The monoisotopic (exact) mass is 355 g/mol. The maximum Gasteiger partial charge on any atom is 0.265 e. The Kier molecular flexibility index (Phi) is 3.48. The van der Waals surface area contributed by atoms with Gasteiger partial charge in [0.2, 0.25) is 10.0 Å². The molecular weight excluding hydrogens is 330 g/mol. The highest BCUT2D eigenvalue weighted by Crippen LogP contribution is 2.70. The average molecular weight is 355 g/mol. The summed E-state index contributed by atoms with van der Waals surface area (Å²) >= 11 is 0. The minimum absolute atomic E-state index is 0.0395. The molecule has 2 aliphatic carbocycles. The van der Waals surface area contributed by atoms with E-state index < -0.39 is 28.3 Å². The zero-order chi connectivity index (χ0) is 17.3. The van der Waals surface area contributed by atoms with Crippen LogP contribution in [0.2, 0.25) is 0 Å². The van der Waals surface area contributed by atoms with E-state index in [1.807, 2.05) is 6.08 Å². The third-order valence-electron chi connectivity index (χ3n) is 7.08. The molecule has 2 aliphatic heterocycles. The van der Waals surface area contributed by atoms with Crippen LogP contribution in [-0.2, 0) is 24.3 Å². The highest BCUT2D eigenvalue weighted by molar-refractivity contribution is 7.90. The van der Waals surface area contributed by atoms with Gasteiger partial charge in [-0.3, -0.25) is 4.79 Å². The third kappa shape index (κ3) is 1.95. The van der Waals surface area contributed by atoms with Crippen LogP contribution in [-0.4, -0.2) is 49.9 Å². The molecule has 0 radical (unpaired) electrons. The average Bonchev–Trinajstić information content (AvgIpc) is 3.01. The van der Waals surface area contributed by atoms with Crippen LogP contribution in [0.1, 0.15) is 39.5 Å². The standard InChI is InChI=1S/C17H25NO5S/c1-16(2)11-7-8-17(16)10-24(20,21)18(13(17)9-11)15(19)12-5-4-6-14(22-3)23-12/h4,6,11-14H,5,7-10H2,1-3H3/t11-,12+,13-,14+,17-/m0/s1. The van der Waals surface area contributed by atoms with Crippen molar-refractivity contribution in [3.8, 4) is 0 Å². The normalized spacial score (nSPS) is 44.7. The summed E-state index contributed by atoms with van der Waals surface area (Å²) in [6.45, 7) is 4.35. The molecule has 5 atom stereocenters. The Balaban J connectivity index is 1.67. The van der Waals surface area contributed by atoms with Crippen molar-refractivity contribution in [2.24, 2.45) is 16.7 Å². The lowest BCUT2D eigenvalue weighted by Crippen LogP contribution is -2.49. The molecule has 7 heteroatoms. The van der Waals surface area contributed by atoms with Crippen molar-refractivity contribution >= 4 is 15.9 Å². The summed E-state index contributed by atoms with van der Waals surface area (Å²) in [6, 6.07) is -0.209. The zero-order valence-electron chi connectivity index (χ0n) is 14.4. The van der Waals surface area contributed by atoms with E-state index in [0.717, 1.165) is 19.3 Å². The van der Waals surface area contributed by atoms with Gasteiger partial charge in [0.1, 0.15) is 6.10 Å². The van der Waals surface area contributed by atoms with E-state index in [9.17, 15) is 13.2 Å². The molecule has 2 bridgehead atoms. The summed E-state index contributed by atoms with van der Waals surface area (Å²) in [5.74, 6) is 0.162. The van der Waals surface area contributed by atoms with E-state index in [1.165, 1.54) is 11.4 Å². The van der Waals surface area contributed by atoms with E-state index in [-0.39, 0.29) is 22.6 Å². The van der Waals surface area contributed by atoms with Crippen molar-refractivity contribution in [1.82, 2.24) is 4.31 Å². The van der Waals surface area contributed by atoms with Crippen molar-refractivity contribution in [2.45, 2.75) is 58.0 Å². The van der Waals surface area contributed by atoms with Gasteiger partial charge < -0.3 is 9.47 Å². The van der Waals surface area contributed by atoms with Gasteiger partial charge in [-0.05, 0) is 36.7 Å². The fourth-order valence-electron chi connectivity index (χ4n) is 5.59. The van der Waals surface area contributed by atoms with Gasteiger partial charge in [0, 0.05) is 18.9 Å². The topological polar surface area (TPSA) is 72.9 Å². The number of sulfonamides is 1. The van der Waals surface area contributed by atoms with Crippen molar-refractivity contribution in [2.75, 3.05) is 12.9 Å². The van der Waals surface area contributed by atoms with Gasteiger partial charge in [-0.2, -0.15) is 0 Å². The van der Waals surface area contributed by atoms with Gasteiger partial charge in [0.25, 0.3) is 5.91 Å². The van der Waals surface area contributed by atoms with Crippen LogP contribution in [0, 0.1) is 16.7 Å². The number of amides is 1. The van der Waals surface area contributed by atoms with Crippen molar-refractivity contribution < 1.29 is 22.7 Å². The van der Waals surface area contributed by atoms with Crippen molar-refractivity contribution in [3.63, 3.8) is 0 Å². The Bertz CT molecular complexity index is 700. The maximum atomic E-state index is 13.0. The summed E-state index contributed by atoms with van der Waals surface area (Å²) in [6.07, 6.45) is 5.31. The van der Waals surface area contributed by atoms with Crippen LogP contribution in [0.25, 0.3) is 0 Å². The minimum atomic E-state index is -3.60. The van der Waals surface area contributed by atoms with Crippen molar-refractivity contribution in [3.05, 3.63) is 12.2 Å². The molecule has 0 aromatic rings. The summed E-state index contributed by atoms with van der Waals surface area (Å²) in [5.41, 5.74) is -0.334. The van der Waals surface area contributed by atoms with Gasteiger partial charge in [0.05, 0.1) is 11.8 Å². The largest absolute Gasteiger partial charge is 0.352 e. The number of rotatable bonds is 2. The Morgan fingerprint density at radius 2 is 2.12 bits per heavy atom. The number of ether oxygens (including phenoxy) is 2. The maximum absolute atomic E-state index is 13.0. The number of hydrogen-bond donors (Lipinski definition) is 0. The second kappa shape index (κ2) is 5.05. The number of nitrogens with zero attached hydrogens (tertiary/aromatic N) is 1. The molecule has 1 spiro atoms. The number of carbonyl (C=O) groups is 1. The molecule has 2 saturated carbocycles. The quantitative estimate of drug-likeness (QED) is 0.705. The molecule has 6 nitrogen and oxygen atoms in total. The SMILES string of the molecule is CO[C@H]1C=CC[C@H](C(=O)N2[C@H]3C[C@@H]4CC[C@@]3(CS2(=O)=O)C4(C)C)O1. The molecule has 3 fully saturated rings. The van der Waals surface area contributed by atoms with Gasteiger partial charge >= 0.3 is 0 Å². The van der Waals surface area contributed by atoms with Crippen LogP contribution < -0.4 is 0 Å². The molecule has 1 saturated heterocycles. The zero-order valence-corrected chi connectivity index (χ0v) is 15.2. The Morgan fingerprint density at radius 3 is 2.79 bits per heavy atom. The Hall–Kier alpha value is -0.920. The lowest BCUT2D eigenvalue weighted by atomic mass is 9.69. The predicted octanol–water partition coefficient (Wildman–Crippen LogP) is 1.67. The Labute approximate surface area is 143 Å². The molecule has 2 heterocycles. The van der Waals surface area contributed by atoms with E-state index in [4.69, 9.17) is 9.47 Å². The lowest BCUT2D eigenvalue weighted by molar-refractivity contribution is -0.165. The molecule has 0 unspecified atom stereocenters. The molecule has 4 aliphatic rings. The number of methoxy groups -OCH3 is 1. The van der Waals surface area contributed by atoms with E-state index in [2.05, 4.69) is 13.8 Å². The second-order valence-electron chi connectivity index (χ2n) is 8.15. The lowest BCUT2D eigenvalue weighted by Gasteiger charge is -2.37.